The lowest BCUT2D eigenvalue weighted by molar-refractivity contribution is -0.0329. The molecule has 1 aliphatic heterocycles. The number of halogens is 1. The van der Waals surface area contributed by atoms with Gasteiger partial charge < -0.3 is 9.30 Å². The second-order valence-electron chi connectivity index (χ2n) is 7.87. The number of aromatic nitrogens is 2. The zero-order valence-electron chi connectivity index (χ0n) is 15.6. The molecule has 1 saturated heterocycles. The predicted octanol–water partition coefficient (Wildman–Crippen LogP) is 4.16. The summed E-state index contributed by atoms with van der Waals surface area (Å²) in [5.41, 5.74) is 5.53. The molecular formula is C22H24FN3O. The summed E-state index contributed by atoms with van der Waals surface area (Å²) in [6.45, 7) is 3.16. The van der Waals surface area contributed by atoms with Gasteiger partial charge in [-0.2, -0.15) is 0 Å². The summed E-state index contributed by atoms with van der Waals surface area (Å²) in [7, 11) is 2.01. The third-order valence-corrected chi connectivity index (χ3v) is 5.71. The zero-order chi connectivity index (χ0) is 18.4. The molecule has 27 heavy (non-hydrogen) atoms. The molecule has 0 amide bonds. The maximum Gasteiger partial charge on any atom is 0.123 e. The minimum atomic E-state index is -0.110. The van der Waals surface area contributed by atoms with Crippen LogP contribution in [0.5, 0.6) is 0 Å². The van der Waals surface area contributed by atoms with Crippen LogP contribution >= 0.6 is 0 Å². The van der Waals surface area contributed by atoms with Crippen molar-refractivity contribution >= 4 is 11.0 Å². The van der Waals surface area contributed by atoms with E-state index in [0.717, 1.165) is 41.8 Å². The number of hydrogen-bond acceptors (Lipinski definition) is 3. The van der Waals surface area contributed by atoms with Gasteiger partial charge in [0.05, 0.1) is 30.1 Å². The van der Waals surface area contributed by atoms with Crippen LogP contribution in [-0.4, -0.2) is 34.1 Å². The SMILES string of the molecule is Cn1cnc2ccc([C@@H]3CN(Cc4cc(F)cc(C5CC5)c4)CCO3)cc21. The van der Waals surface area contributed by atoms with Crippen molar-refractivity contribution in [1.82, 2.24) is 14.5 Å². The predicted molar refractivity (Wildman–Crippen MR) is 103 cm³/mol. The van der Waals surface area contributed by atoms with Gasteiger partial charge in [-0.25, -0.2) is 9.37 Å². The molecule has 1 aliphatic carbocycles. The van der Waals surface area contributed by atoms with Crippen LogP contribution < -0.4 is 0 Å². The molecule has 0 N–H and O–H groups in total. The fraction of sp³-hybridized carbons (Fsp3) is 0.409. The van der Waals surface area contributed by atoms with Crippen LogP contribution in [0.3, 0.4) is 0 Å². The van der Waals surface area contributed by atoms with E-state index in [9.17, 15) is 4.39 Å². The van der Waals surface area contributed by atoms with E-state index in [2.05, 4.69) is 34.1 Å². The average Bonchev–Trinajstić information content (AvgIpc) is 3.45. The highest BCUT2D eigenvalue weighted by molar-refractivity contribution is 5.76. The Kier molecular flexibility index (Phi) is 4.21. The maximum absolute atomic E-state index is 14.0. The standard InChI is InChI=1S/C22H24FN3O/c1-25-14-24-20-5-4-17(11-21(20)25)22-13-26(6-7-27-22)12-15-8-18(16-2-3-16)10-19(23)9-15/h4-5,8-11,14,16,22H,2-3,6-7,12-13H2,1H3/t22-/m0/s1. The van der Waals surface area contributed by atoms with Gasteiger partial charge in [-0.1, -0.05) is 12.1 Å². The van der Waals surface area contributed by atoms with Crippen LogP contribution in [0.2, 0.25) is 0 Å². The van der Waals surface area contributed by atoms with Crippen LogP contribution in [0.4, 0.5) is 4.39 Å². The molecule has 2 heterocycles. The first-order valence-corrected chi connectivity index (χ1v) is 9.70. The van der Waals surface area contributed by atoms with E-state index in [1.54, 1.807) is 12.1 Å². The molecule has 1 aromatic heterocycles. The summed E-state index contributed by atoms with van der Waals surface area (Å²) in [6.07, 6.45) is 4.26. The van der Waals surface area contributed by atoms with Gasteiger partial charge in [0.25, 0.3) is 0 Å². The van der Waals surface area contributed by atoms with Gasteiger partial charge in [0.2, 0.25) is 0 Å². The van der Waals surface area contributed by atoms with Crippen molar-refractivity contribution in [2.75, 3.05) is 19.7 Å². The molecule has 4 nitrogen and oxygen atoms in total. The van der Waals surface area contributed by atoms with Gasteiger partial charge in [0, 0.05) is 26.7 Å². The molecule has 3 aromatic rings. The summed E-state index contributed by atoms with van der Waals surface area (Å²) >= 11 is 0. The van der Waals surface area contributed by atoms with Crippen molar-refractivity contribution < 1.29 is 9.13 Å². The molecule has 1 saturated carbocycles. The molecule has 5 heteroatoms. The van der Waals surface area contributed by atoms with Gasteiger partial charge >= 0.3 is 0 Å². The number of morpholine rings is 1. The first-order chi connectivity index (χ1) is 13.2. The van der Waals surface area contributed by atoms with Crippen molar-refractivity contribution in [3.05, 3.63) is 65.2 Å². The molecule has 0 bridgehead atoms. The lowest BCUT2D eigenvalue weighted by atomic mass is 10.0. The lowest BCUT2D eigenvalue weighted by Crippen LogP contribution is -2.37. The van der Waals surface area contributed by atoms with E-state index in [1.807, 2.05) is 17.9 Å². The highest BCUT2D eigenvalue weighted by Gasteiger charge is 2.26. The van der Waals surface area contributed by atoms with Crippen LogP contribution in [0.1, 0.15) is 41.6 Å². The second-order valence-corrected chi connectivity index (χ2v) is 7.87. The Hall–Kier alpha value is -2.24. The Bertz CT molecular complexity index is 979. The van der Waals surface area contributed by atoms with Gasteiger partial charge in [-0.15, -0.1) is 0 Å². The number of nitrogens with zero attached hydrogens (tertiary/aromatic N) is 3. The topological polar surface area (TPSA) is 30.3 Å². The maximum atomic E-state index is 14.0. The van der Waals surface area contributed by atoms with Crippen LogP contribution in [0.15, 0.2) is 42.7 Å². The van der Waals surface area contributed by atoms with E-state index >= 15 is 0 Å². The summed E-state index contributed by atoms with van der Waals surface area (Å²) in [5.74, 6) is 0.461. The summed E-state index contributed by atoms with van der Waals surface area (Å²) in [4.78, 5) is 6.76. The Balaban J connectivity index is 1.33. The largest absolute Gasteiger partial charge is 0.371 e. The van der Waals surface area contributed by atoms with E-state index in [0.29, 0.717) is 12.5 Å². The molecular weight excluding hydrogens is 341 g/mol. The van der Waals surface area contributed by atoms with E-state index in [4.69, 9.17) is 4.74 Å². The minimum absolute atomic E-state index is 0.0366. The van der Waals surface area contributed by atoms with Crippen molar-refractivity contribution in [2.24, 2.45) is 7.05 Å². The van der Waals surface area contributed by atoms with Crippen molar-refractivity contribution in [1.29, 1.82) is 0 Å². The van der Waals surface area contributed by atoms with Crippen molar-refractivity contribution in [3.8, 4) is 0 Å². The summed E-state index contributed by atoms with van der Waals surface area (Å²) < 4.78 is 22.1. The summed E-state index contributed by atoms with van der Waals surface area (Å²) in [6, 6.07) is 11.9. The van der Waals surface area contributed by atoms with Crippen LogP contribution in [0.25, 0.3) is 11.0 Å². The number of benzene rings is 2. The zero-order valence-corrected chi connectivity index (χ0v) is 15.6. The minimum Gasteiger partial charge on any atom is -0.371 e. The monoisotopic (exact) mass is 365 g/mol. The molecule has 1 atom stereocenters. The number of hydrogen-bond donors (Lipinski definition) is 0. The Morgan fingerprint density at radius 2 is 2.04 bits per heavy atom. The molecule has 5 rings (SSSR count). The van der Waals surface area contributed by atoms with Crippen LogP contribution in [-0.2, 0) is 18.3 Å². The van der Waals surface area contributed by atoms with Gasteiger partial charge in [0.1, 0.15) is 5.82 Å². The smallest absolute Gasteiger partial charge is 0.123 e. The second kappa shape index (κ2) is 6.73. The molecule has 0 unspecified atom stereocenters. The normalized spacial score (nSPS) is 21.0. The Labute approximate surface area is 158 Å². The summed E-state index contributed by atoms with van der Waals surface area (Å²) in [5, 5.41) is 0. The number of ether oxygens (including phenoxy) is 1. The van der Waals surface area contributed by atoms with Gasteiger partial charge in [-0.05, 0) is 59.7 Å². The third-order valence-electron chi connectivity index (χ3n) is 5.71. The van der Waals surface area contributed by atoms with E-state index < -0.39 is 0 Å². The van der Waals surface area contributed by atoms with Gasteiger partial charge in [0.15, 0.2) is 0 Å². The fourth-order valence-corrected chi connectivity index (χ4v) is 4.07. The quantitative estimate of drug-likeness (QED) is 0.695. The van der Waals surface area contributed by atoms with E-state index in [1.165, 1.54) is 18.4 Å². The van der Waals surface area contributed by atoms with Crippen LogP contribution in [0, 0.1) is 5.82 Å². The Morgan fingerprint density at radius 1 is 1.15 bits per heavy atom. The number of imidazole rings is 1. The highest BCUT2D eigenvalue weighted by atomic mass is 19.1. The number of rotatable bonds is 4. The Morgan fingerprint density at radius 3 is 2.89 bits per heavy atom. The first-order valence-electron chi connectivity index (χ1n) is 9.70. The third kappa shape index (κ3) is 3.49. The molecule has 2 fully saturated rings. The molecule has 2 aliphatic rings. The first kappa shape index (κ1) is 16.9. The highest BCUT2D eigenvalue weighted by Crippen LogP contribution is 2.40. The fourth-order valence-electron chi connectivity index (χ4n) is 4.07. The van der Waals surface area contributed by atoms with E-state index in [-0.39, 0.29) is 11.9 Å². The number of fused-ring (bicyclic) bond motifs is 1. The lowest BCUT2D eigenvalue weighted by Gasteiger charge is -2.33. The van der Waals surface area contributed by atoms with Gasteiger partial charge in [-0.3, -0.25) is 4.90 Å². The average molecular weight is 365 g/mol. The molecule has 2 aromatic carbocycles. The van der Waals surface area contributed by atoms with Crippen molar-refractivity contribution in [3.63, 3.8) is 0 Å². The molecule has 0 spiro atoms. The molecule has 140 valence electrons. The van der Waals surface area contributed by atoms with Crippen molar-refractivity contribution in [2.45, 2.75) is 31.4 Å². The molecule has 0 radical (unpaired) electrons. The number of aryl methyl sites for hydroxylation is 1.